The Bertz CT molecular complexity index is 468. The normalized spacial score (nSPS) is 10.3. The summed E-state index contributed by atoms with van der Waals surface area (Å²) in [6.07, 6.45) is 3.74. The van der Waals surface area contributed by atoms with Gasteiger partial charge in [-0.05, 0) is 30.5 Å². The van der Waals surface area contributed by atoms with Gasteiger partial charge in [0.2, 0.25) is 0 Å². The molecule has 0 amide bonds. The second kappa shape index (κ2) is 6.40. The minimum atomic E-state index is -1.32. The number of aryl methyl sites for hydroxylation is 1. The summed E-state index contributed by atoms with van der Waals surface area (Å²) in [5.41, 5.74) is 0.167. The molecule has 4 nitrogen and oxygen atoms in total. The molecule has 0 bridgehead atoms. The molecule has 0 fully saturated rings. The van der Waals surface area contributed by atoms with E-state index in [0.717, 1.165) is 24.8 Å². The van der Waals surface area contributed by atoms with Crippen molar-refractivity contribution in [3.63, 3.8) is 0 Å². The molecule has 1 aromatic carbocycles. The van der Waals surface area contributed by atoms with E-state index in [0.29, 0.717) is 6.42 Å². The van der Waals surface area contributed by atoms with Crippen molar-refractivity contribution < 1.29 is 19.8 Å². The molecule has 0 heterocycles. The van der Waals surface area contributed by atoms with E-state index in [2.05, 4.69) is 6.92 Å². The van der Waals surface area contributed by atoms with Gasteiger partial charge >= 0.3 is 11.9 Å². The summed E-state index contributed by atoms with van der Waals surface area (Å²) in [7, 11) is 0. The van der Waals surface area contributed by atoms with Gasteiger partial charge in [0.15, 0.2) is 0 Å². The van der Waals surface area contributed by atoms with Gasteiger partial charge in [0.25, 0.3) is 0 Å². The molecule has 0 aliphatic carbocycles. The van der Waals surface area contributed by atoms with E-state index in [1.54, 1.807) is 0 Å². The van der Waals surface area contributed by atoms with Crippen LogP contribution in [0.2, 0.25) is 5.02 Å². The van der Waals surface area contributed by atoms with Crippen LogP contribution in [0.15, 0.2) is 12.1 Å². The molecule has 1 aromatic rings. The fourth-order valence-corrected chi connectivity index (χ4v) is 2.10. The van der Waals surface area contributed by atoms with Crippen molar-refractivity contribution in [1.29, 1.82) is 0 Å². The van der Waals surface area contributed by atoms with Crippen LogP contribution in [0, 0.1) is 0 Å². The fraction of sp³-hybridized carbons (Fsp3) is 0.385. The Morgan fingerprint density at radius 3 is 2.33 bits per heavy atom. The summed E-state index contributed by atoms with van der Waals surface area (Å²) >= 11 is 5.84. The van der Waals surface area contributed by atoms with Gasteiger partial charge in [0.05, 0.1) is 16.1 Å². The summed E-state index contributed by atoms with van der Waals surface area (Å²) in [6.45, 7) is 2.07. The van der Waals surface area contributed by atoms with Crippen molar-refractivity contribution in [2.45, 2.75) is 32.6 Å². The summed E-state index contributed by atoms with van der Waals surface area (Å²) in [6, 6.07) is 2.93. The first-order chi connectivity index (χ1) is 8.47. The highest BCUT2D eigenvalue weighted by molar-refractivity contribution is 6.34. The predicted molar refractivity (Wildman–Crippen MR) is 68.6 cm³/mol. The molecule has 0 atom stereocenters. The maximum atomic E-state index is 11.0. The number of rotatable bonds is 6. The van der Waals surface area contributed by atoms with Gasteiger partial charge in [-0.15, -0.1) is 0 Å². The van der Waals surface area contributed by atoms with Crippen LogP contribution in [0.1, 0.15) is 52.5 Å². The smallest absolute Gasteiger partial charge is 0.338 e. The Kier molecular flexibility index (Phi) is 5.16. The van der Waals surface area contributed by atoms with Gasteiger partial charge in [-0.3, -0.25) is 0 Å². The average Bonchev–Trinajstić information content (AvgIpc) is 2.27. The Balaban J connectivity index is 3.11. The zero-order valence-electron chi connectivity index (χ0n) is 10.1. The molecule has 2 N–H and O–H groups in total. The second-order valence-corrected chi connectivity index (χ2v) is 4.47. The number of unbranched alkanes of at least 4 members (excludes halogenated alkanes) is 2. The lowest BCUT2D eigenvalue weighted by atomic mass is 10.00. The number of aromatic carboxylic acids is 2. The molecule has 0 aromatic heterocycles. The number of halogens is 1. The van der Waals surface area contributed by atoms with Crippen LogP contribution in [0.3, 0.4) is 0 Å². The minimum absolute atomic E-state index is 0.0195. The van der Waals surface area contributed by atoms with Gasteiger partial charge in [0, 0.05) is 0 Å². The highest BCUT2D eigenvalue weighted by Crippen LogP contribution is 2.24. The van der Waals surface area contributed by atoms with Gasteiger partial charge in [-0.1, -0.05) is 31.4 Å². The zero-order valence-corrected chi connectivity index (χ0v) is 10.8. The van der Waals surface area contributed by atoms with Gasteiger partial charge in [-0.2, -0.15) is 0 Å². The molecule has 0 aliphatic rings. The van der Waals surface area contributed by atoms with Crippen LogP contribution >= 0.6 is 11.6 Å². The van der Waals surface area contributed by atoms with Gasteiger partial charge in [0.1, 0.15) is 0 Å². The topological polar surface area (TPSA) is 74.6 Å². The molecular formula is C13H15ClO4. The first-order valence-electron chi connectivity index (χ1n) is 5.76. The van der Waals surface area contributed by atoms with Crippen molar-refractivity contribution in [3.8, 4) is 0 Å². The summed E-state index contributed by atoms with van der Waals surface area (Å²) in [5, 5.41) is 17.9. The molecule has 18 heavy (non-hydrogen) atoms. The SMILES string of the molecule is CCCCCc1cc(Cl)c(C(=O)O)c(C(=O)O)c1. The molecule has 0 saturated carbocycles. The molecule has 0 radical (unpaired) electrons. The largest absolute Gasteiger partial charge is 0.478 e. The summed E-state index contributed by atoms with van der Waals surface area (Å²) < 4.78 is 0. The Labute approximate surface area is 110 Å². The lowest BCUT2D eigenvalue weighted by molar-refractivity contribution is 0.0651. The molecule has 5 heteroatoms. The molecular weight excluding hydrogens is 256 g/mol. The third-order valence-corrected chi connectivity index (χ3v) is 2.96. The first kappa shape index (κ1) is 14.5. The fourth-order valence-electron chi connectivity index (χ4n) is 1.77. The minimum Gasteiger partial charge on any atom is -0.478 e. The van der Waals surface area contributed by atoms with E-state index >= 15 is 0 Å². The monoisotopic (exact) mass is 270 g/mol. The van der Waals surface area contributed by atoms with Crippen LogP contribution in [0.25, 0.3) is 0 Å². The average molecular weight is 271 g/mol. The molecule has 0 spiro atoms. The van der Waals surface area contributed by atoms with Crippen LogP contribution < -0.4 is 0 Å². The number of carboxylic acid groups (broad SMARTS) is 2. The van der Waals surface area contributed by atoms with E-state index in [4.69, 9.17) is 21.8 Å². The summed E-state index contributed by atoms with van der Waals surface area (Å²) in [4.78, 5) is 22.0. The molecule has 0 saturated heterocycles. The van der Waals surface area contributed by atoms with Crippen LogP contribution in [0.4, 0.5) is 0 Å². The van der Waals surface area contributed by atoms with Gasteiger partial charge < -0.3 is 10.2 Å². The molecule has 0 aliphatic heterocycles. The highest BCUT2D eigenvalue weighted by atomic mass is 35.5. The molecule has 98 valence electrons. The summed E-state index contributed by atoms with van der Waals surface area (Å²) in [5.74, 6) is -2.59. The zero-order chi connectivity index (χ0) is 13.7. The van der Waals surface area contributed by atoms with E-state index in [-0.39, 0.29) is 16.1 Å². The van der Waals surface area contributed by atoms with Crippen LogP contribution in [0.5, 0.6) is 0 Å². The van der Waals surface area contributed by atoms with E-state index < -0.39 is 11.9 Å². The van der Waals surface area contributed by atoms with Crippen molar-refractivity contribution in [2.24, 2.45) is 0 Å². The van der Waals surface area contributed by atoms with Crippen molar-refractivity contribution >= 4 is 23.5 Å². The van der Waals surface area contributed by atoms with Crippen molar-refractivity contribution in [1.82, 2.24) is 0 Å². The Hall–Kier alpha value is -1.55. The lowest BCUT2D eigenvalue weighted by Gasteiger charge is -2.08. The van der Waals surface area contributed by atoms with E-state index in [1.807, 2.05) is 0 Å². The molecule has 0 unspecified atom stereocenters. The number of carboxylic acids is 2. The van der Waals surface area contributed by atoms with Gasteiger partial charge in [-0.25, -0.2) is 9.59 Å². The van der Waals surface area contributed by atoms with E-state index in [1.165, 1.54) is 12.1 Å². The number of carbonyl (C=O) groups is 2. The maximum Gasteiger partial charge on any atom is 0.338 e. The standard InChI is InChI=1S/C13H15ClO4/c1-2-3-4-5-8-6-9(12(15)16)11(13(17)18)10(14)7-8/h6-7H,2-5H2,1H3,(H,15,16)(H,17,18). The Morgan fingerprint density at radius 2 is 1.83 bits per heavy atom. The lowest BCUT2D eigenvalue weighted by Crippen LogP contribution is -2.10. The number of hydrogen-bond acceptors (Lipinski definition) is 2. The maximum absolute atomic E-state index is 11.0. The van der Waals surface area contributed by atoms with Crippen LogP contribution in [-0.4, -0.2) is 22.2 Å². The quantitative estimate of drug-likeness (QED) is 0.776. The van der Waals surface area contributed by atoms with Crippen molar-refractivity contribution in [3.05, 3.63) is 33.8 Å². The van der Waals surface area contributed by atoms with E-state index in [9.17, 15) is 9.59 Å². The van der Waals surface area contributed by atoms with Crippen molar-refractivity contribution in [2.75, 3.05) is 0 Å². The number of benzene rings is 1. The first-order valence-corrected chi connectivity index (χ1v) is 6.14. The predicted octanol–water partition coefficient (Wildman–Crippen LogP) is 3.47. The third-order valence-electron chi connectivity index (χ3n) is 2.66. The molecule has 1 rings (SSSR count). The Morgan fingerprint density at radius 1 is 1.17 bits per heavy atom. The third kappa shape index (κ3) is 3.47. The number of hydrogen-bond donors (Lipinski definition) is 2. The van der Waals surface area contributed by atoms with Crippen LogP contribution in [-0.2, 0) is 6.42 Å². The highest BCUT2D eigenvalue weighted by Gasteiger charge is 2.20. The second-order valence-electron chi connectivity index (χ2n) is 4.07.